The Morgan fingerprint density at radius 3 is 2.49 bits per heavy atom. The van der Waals surface area contributed by atoms with Crippen LogP contribution in [0.5, 0.6) is 11.5 Å². The Hall–Kier alpha value is -4.07. The molecule has 37 heavy (non-hydrogen) atoms. The first-order valence-corrected chi connectivity index (χ1v) is 12.9. The van der Waals surface area contributed by atoms with Crippen LogP contribution in [0.1, 0.15) is 35.8 Å². The Labute approximate surface area is 216 Å². The molecule has 2 aliphatic heterocycles. The fraction of sp³-hybridized carbons (Fsp3) is 0.345. The summed E-state index contributed by atoms with van der Waals surface area (Å²) in [5, 5.41) is 5.36. The van der Waals surface area contributed by atoms with E-state index in [2.05, 4.69) is 55.0 Å². The molecule has 0 aliphatic carbocycles. The number of piperazine rings is 1. The molecule has 4 aromatic rings. The second-order valence-electron chi connectivity index (χ2n) is 9.95. The minimum atomic E-state index is 0.0124. The van der Waals surface area contributed by atoms with E-state index in [1.807, 2.05) is 33.8 Å². The average Bonchev–Trinajstić information content (AvgIpc) is 3.36. The van der Waals surface area contributed by atoms with E-state index in [1.165, 1.54) is 11.3 Å². The first kappa shape index (κ1) is 23.3. The zero-order chi connectivity index (χ0) is 25.5. The van der Waals surface area contributed by atoms with Gasteiger partial charge in [0.25, 0.3) is 5.91 Å². The van der Waals surface area contributed by atoms with Gasteiger partial charge in [0.15, 0.2) is 17.1 Å². The number of aromatic nitrogens is 3. The number of rotatable bonds is 4. The summed E-state index contributed by atoms with van der Waals surface area (Å²) in [5.41, 5.74) is 5.38. The third-order valence-corrected chi connectivity index (χ3v) is 7.06. The molecule has 2 aliphatic rings. The number of aryl methyl sites for hydroxylation is 1. The molecule has 0 unspecified atom stereocenters. The molecule has 2 aromatic heterocycles. The van der Waals surface area contributed by atoms with Crippen LogP contribution in [-0.4, -0.2) is 65.0 Å². The van der Waals surface area contributed by atoms with Crippen molar-refractivity contribution in [2.24, 2.45) is 0 Å². The Balaban J connectivity index is 1.34. The maximum Gasteiger partial charge on any atom is 0.254 e. The number of hydrogen-bond acceptors (Lipinski definition) is 6. The van der Waals surface area contributed by atoms with E-state index >= 15 is 0 Å². The lowest BCUT2D eigenvalue weighted by atomic mass is 10.0. The number of amides is 1. The highest BCUT2D eigenvalue weighted by Crippen LogP contribution is 2.35. The number of hydrogen-bond donors (Lipinski definition) is 0. The van der Waals surface area contributed by atoms with Gasteiger partial charge in [0.2, 0.25) is 0 Å². The number of carbonyl (C=O) groups excluding carboxylic acids is 1. The highest BCUT2D eigenvalue weighted by Gasteiger charge is 2.26. The standard InChI is InChI=1S/C29H31N5O3/c1-19(2)34-28-24(18-30-34)23(17-25(31-28)21-7-8-26-27(16-21)37-14-13-36-26)29(35)33-11-9-32(10-12-33)22-6-4-5-20(3)15-22/h4-8,15-19H,9-14H2,1-3H3. The number of benzene rings is 2. The molecular weight excluding hydrogens is 466 g/mol. The third kappa shape index (κ3) is 4.37. The third-order valence-electron chi connectivity index (χ3n) is 7.06. The van der Waals surface area contributed by atoms with Crippen LogP contribution in [0.25, 0.3) is 22.3 Å². The maximum absolute atomic E-state index is 13.9. The lowest BCUT2D eigenvalue weighted by Crippen LogP contribution is -2.48. The predicted molar refractivity (Wildman–Crippen MR) is 144 cm³/mol. The van der Waals surface area contributed by atoms with Crippen LogP contribution in [0, 0.1) is 6.92 Å². The number of nitrogens with zero attached hydrogens (tertiary/aromatic N) is 5. The second-order valence-corrected chi connectivity index (χ2v) is 9.95. The molecule has 0 spiro atoms. The minimum absolute atomic E-state index is 0.0124. The van der Waals surface area contributed by atoms with Gasteiger partial charge >= 0.3 is 0 Å². The average molecular weight is 498 g/mol. The molecule has 1 amide bonds. The molecule has 0 radical (unpaired) electrons. The molecule has 8 nitrogen and oxygen atoms in total. The molecule has 1 saturated heterocycles. The molecule has 4 heterocycles. The van der Waals surface area contributed by atoms with Crippen LogP contribution in [0.2, 0.25) is 0 Å². The second kappa shape index (κ2) is 9.42. The van der Waals surface area contributed by atoms with Gasteiger partial charge in [-0.05, 0) is 62.7 Å². The van der Waals surface area contributed by atoms with Crippen LogP contribution >= 0.6 is 0 Å². The zero-order valence-corrected chi connectivity index (χ0v) is 21.5. The van der Waals surface area contributed by atoms with Crippen molar-refractivity contribution in [3.8, 4) is 22.8 Å². The van der Waals surface area contributed by atoms with E-state index in [0.717, 1.165) is 29.8 Å². The van der Waals surface area contributed by atoms with Gasteiger partial charge in [0.1, 0.15) is 13.2 Å². The molecular formula is C29H31N5O3. The van der Waals surface area contributed by atoms with Crippen molar-refractivity contribution in [1.29, 1.82) is 0 Å². The Morgan fingerprint density at radius 2 is 1.73 bits per heavy atom. The molecule has 190 valence electrons. The van der Waals surface area contributed by atoms with Crippen molar-refractivity contribution in [2.45, 2.75) is 26.8 Å². The summed E-state index contributed by atoms with van der Waals surface area (Å²) in [6.07, 6.45) is 1.77. The molecule has 6 rings (SSSR count). The summed E-state index contributed by atoms with van der Waals surface area (Å²) in [6, 6.07) is 16.3. The van der Waals surface area contributed by atoms with Crippen LogP contribution in [0.15, 0.2) is 54.7 Å². The van der Waals surface area contributed by atoms with Crippen LogP contribution < -0.4 is 14.4 Å². The van der Waals surface area contributed by atoms with E-state index in [1.54, 1.807) is 6.20 Å². The molecule has 0 bridgehead atoms. The summed E-state index contributed by atoms with van der Waals surface area (Å²) in [4.78, 5) is 23.1. The van der Waals surface area contributed by atoms with Crippen molar-refractivity contribution in [3.63, 3.8) is 0 Å². The summed E-state index contributed by atoms with van der Waals surface area (Å²) in [7, 11) is 0. The van der Waals surface area contributed by atoms with Crippen molar-refractivity contribution >= 4 is 22.6 Å². The zero-order valence-electron chi connectivity index (χ0n) is 21.5. The molecule has 0 atom stereocenters. The smallest absolute Gasteiger partial charge is 0.254 e. The highest BCUT2D eigenvalue weighted by atomic mass is 16.6. The van der Waals surface area contributed by atoms with Crippen LogP contribution in [0.3, 0.4) is 0 Å². The summed E-state index contributed by atoms with van der Waals surface area (Å²) in [6.45, 7) is 10.2. The van der Waals surface area contributed by atoms with Gasteiger partial charge in [-0.15, -0.1) is 0 Å². The van der Waals surface area contributed by atoms with E-state index < -0.39 is 0 Å². The lowest BCUT2D eigenvalue weighted by molar-refractivity contribution is 0.0748. The Bertz CT molecular complexity index is 1470. The van der Waals surface area contributed by atoms with Crippen molar-refractivity contribution in [3.05, 3.63) is 65.9 Å². The number of anilines is 1. The fourth-order valence-corrected chi connectivity index (χ4v) is 5.09. The quantitative estimate of drug-likeness (QED) is 0.406. The predicted octanol–water partition coefficient (Wildman–Crippen LogP) is 4.72. The molecule has 0 N–H and O–H groups in total. The normalized spacial score (nSPS) is 15.5. The summed E-state index contributed by atoms with van der Waals surface area (Å²) in [5.74, 6) is 1.44. The van der Waals surface area contributed by atoms with Crippen LogP contribution in [0.4, 0.5) is 5.69 Å². The molecule has 0 saturated carbocycles. The molecule has 2 aromatic carbocycles. The number of fused-ring (bicyclic) bond motifs is 2. The fourth-order valence-electron chi connectivity index (χ4n) is 5.09. The van der Waals surface area contributed by atoms with Crippen LogP contribution in [-0.2, 0) is 0 Å². The van der Waals surface area contributed by atoms with Gasteiger partial charge in [-0.3, -0.25) is 4.79 Å². The van der Waals surface area contributed by atoms with E-state index in [0.29, 0.717) is 49.0 Å². The van der Waals surface area contributed by atoms with E-state index in [-0.39, 0.29) is 11.9 Å². The van der Waals surface area contributed by atoms with Gasteiger partial charge in [0.05, 0.1) is 22.8 Å². The lowest BCUT2D eigenvalue weighted by Gasteiger charge is -2.36. The van der Waals surface area contributed by atoms with Gasteiger partial charge in [0, 0.05) is 43.5 Å². The number of ether oxygens (including phenoxy) is 2. The summed E-state index contributed by atoms with van der Waals surface area (Å²) >= 11 is 0. The SMILES string of the molecule is Cc1cccc(N2CCN(C(=O)c3cc(-c4ccc5c(c4)OCCO5)nc4c3cnn4C(C)C)CC2)c1. The summed E-state index contributed by atoms with van der Waals surface area (Å²) < 4.78 is 13.4. The molecule has 1 fully saturated rings. The Morgan fingerprint density at radius 1 is 0.946 bits per heavy atom. The van der Waals surface area contributed by atoms with Gasteiger partial charge < -0.3 is 19.3 Å². The van der Waals surface area contributed by atoms with Gasteiger partial charge in [-0.2, -0.15) is 5.10 Å². The van der Waals surface area contributed by atoms with Gasteiger partial charge in [-0.25, -0.2) is 9.67 Å². The first-order valence-electron chi connectivity index (χ1n) is 12.9. The van der Waals surface area contributed by atoms with Crippen molar-refractivity contribution < 1.29 is 14.3 Å². The maximum atomic E-state index is 13.9. The number of carbonyl (C=O) groups is 1. The Kier molecular flexibility index (Phi) is 5.94. The largest absolute Gasteiger partial charge is 0.486 e. The number of pyridine rings is 1. The van der Waals surface area contributed by atoms with Gasteiger partial charge in [-0.1, -0.05) is 12.1 Å². The van der Waals surface area contributed by atoms with Crippen molar-refractivity contribution in [2.75, 3.05) is 44.3 Å². The highest BCUT2D eigenvalue weighted by molar-refractivity contribution is 6.06. The topological polar surface area (TPSA) is 72.7 Å². The first-order chi connectivity index (χ1) is 18.0. The molecule has 8 heteroatoms. The minimum Gasteiger partial charge on any atom is -0.486 e. The van der Waals surface area contributed by atoms with E-state index in [4.69, 9.17) is 14.5 Å². The monoisotopic (exact) mass is 497 g/mol. The van der Waals surface area contributed by atoms with E-state index in [9.17, 15) is 4.79 Å². The van der Waals surface area contributed by atoms with Crippen molar-refractivity contribution in [1.82, 2.24) is 19.7 Å².